The van der Waals surface area contributed by atoms with Crippen LogP contribution in [0.25, 0.3) is 0 Å². The van der Waals surface area contributed by atoms with E-state index >= 15 is 0 Å². The third-order valence-electron chi connectivity index (χ3n) is 4.21. The van der Waals surface area contributed by atoms with Crippen LogP contribution in [-0.4, -0.2) is 51.8 Å². The van der Waals surface area contributed by atoms with E-state index in [1.807, 2.05) is 0 Å². The summed E-state index contributed by atoms with van der Waals surface area (Å²) in [5.74, 6) is -1.41. The number of ether oxygens (including phenoxy) is 1. The van der Waals surface area contributed by atoms with Crippen LogP contribution in [0.15, 0.2) is 24.3 Å². The molecule has 0 unspecified atom stereocenters. The monoisotopic (exact) mass is 367 g/mol. The van der Waals surface area contributed by atoms with Crippen molar-refractivity contribution in [2.75, 3.05) is 35.1 Å². The standard InChI is InChI=1S/C16H21N3O5S/c20-15(17-11-14-6-2-8-24-14)16(21)18-12-4-1-5-13(10-12)19-7-3-9-25(19,22)23/h1,4-5,10,14H,2-3,6-9,11H2,(H,17,20)(H,18,21)/t14-/m0/s1. The predicted octanol–water partition coefficient (Wildman–Crippen LogP) is 0.460. The van der Waals surface area contributed by atoms with Gasteiger partial charge in [-0.1, -0.05) is 6.07 Å². The second kappa shape index (κ2) is 7.40. The molecule has 1 atom stereocenters. The molecule has 0 aliphatic carbocycles. The highest BCUT2D eigenvalue weighted by atomic mass is 32.2. The fraction of sp³-hybridized carbons (Fsp3) is 0.500. The zero-order chi connectivity index (χ0) is 17.9. The van der Waals surface area contributed by atoms with Gasteiger partial charge in [0, 0.05) is 25.4 Å². The number of hydrogen-bond acceptors (Lipinski definition) is 5. The summed E-state index contributed by atoms with van der Waals surface area (Å²) in [6.45, 7) is 1.40. The zero-order valence-electron chi connectivity index (χ0n) is 13.7. The molecule has 2 saturated heterocycles. The van der Waals surface area contributed by atoms with Crippen LogP contribution in [0.5, 0.6) is 0 Å². The summed E-state index contributed by atoms with van der Waals surface area (Å²) in [6, 6.07) is 6.46. The maximum Gasteiger partial charge on any atom is 0.313 e. The van der Waals surface area contributed by atoms with Gasteiger partial charge in [0.1, 0.15) is 0 Å². The Hall–Kier alpha value is -2.13. The first-order valence-electron chi connectivity index (χ1n) is 8.27. The molecule has 8 nitrogen and oxygen atoms in total. The first-order valence-corrected chi connectivity index (χ1v) is 9.88. The van der Waals surface area contributed by atoms with Crippen molar-refractivity contribution in [3.05, 3.63) is 24.3 Å². The van der Waals surface area contributed by atoms with E-state index in [1.54, 1.807) is 24.3 Å². The van der Waals surface area contributed by atoms with Gasteiger partial charge in [0.2, 0.25) is 10.0 Å². The largest absolute Gasteiger partial charge is 0.376 e. The number of sulfonamides is 1. The van der Waals surface area contributed by atoms with Crippen molar-refractivity contribution in [1.29, 1.82) is 0 Å². The van der Waals surface area contributed by atoms with Crippen LogP contribution in [0.3, 0.4) is 0 Å². The highest BCUT2D eigenvalue weighted by Crippen LogP contribution is 2.26. The van der Waals surface area contributed by atoms with E-state index in [0.717, 1.165) is 12.8 Å². The van der Waals surface area contributed by atoms with Crippen molar-refractivity contribution in [3.8, 4) is 0 Å². The minimum atomic E-state index is -3.29. The second-order valence-electron chi connectivity index (χ2n) is 6.09. The molecular formula is C16H21N3O5S. The molecule has 2 N–H and O–H groups in total. The molecule has 1 aromatic carbocycles. The summed E-state index contributed by atoms with van der Waals surface area (Å²) in [6.07, 6.45) is 2.36. The first kappa shape index (κ1) is 17.7. The average molecular weight is 367 g/mol. The van der Waals surface area contributed by atoms with E-state index in [2.05, 4.69) is 10.6 Å². The van der Waals surface area contributed by atoms with Crippen molar-refractivity contribution in [2.24, 2.45) is 0 Å². The molecule has 2 heterocycles. The summed E-state index contributed by atoms with van der Waals surface area (Å²) < 4.78 is 30.7. The van der Waals surface area contributed by atoms with E-state index in [4.69, 9.17) is 4.74 Å². The van der Waals surface area contributed by atoms with Crippen LogP contribution in [0.1, 0.15) is 19.3 Å². The van der Waals surface area contributed by atoms with Crippen molar-refractivity contribution in [2.45, 2.75) is 25.4 Å². The number of carbonyl (C=O) groups excluding carboxylic acids is 2. The molecule has 2 fully saturated rings. The number of amides is 2. The highest BCUT2D eigenvalue weighted by molar-refractivity contribution is 7.93. The molecule has 25 heavy (non-hydrogen) atoms. The van der Waals surface area contributed by atoms with Gasteiger partial charge in [0.15, 0.2) is 0 Å². The number of nitrogens with one attached hydrogen (secondary N) is 2. The van der Waals surface area contributed by atoms with Crippen LogP contribution < -0.4 is 14.9 Å². The number of nitrogens with zero attached hydrogens (tertiary/aromatic N) is 1. The average Bonchev–Trinajstić information content (AvgIpc) is 3.21. The lowest BCUT2D eigenvalue weighted by Crippen LogP contribution is -2.39. The Morgan fingerprint density at radius 1 is 1.24 bits per heavy atom. The van der Waals surface area contributed by atoms with E-state index in [1.165, 1.54) is 4.31 Å². The summed E-state index contributed by atoms with van der Waals surface area (Å²) in [7, 11) is -3.29. The first-order chi connectivity index (χ1) is 12.0. The molecule has 2 amide bonds. The SMILES string of the molecule is O=C(NC[C@@H]1CCCO1)C(=O)Nc1cccc(N2CCCS2(=O)=O)c1. The minimum Gasteiger partial charge on any atom is -0.376 e. The van der Waals surface area contributed by atoms with E-state index in [9.17, 15) is 18.0 Å². The third-order valence-corrected chi connectivity index (χ3v) is 6.08. The van der Waals surface area contributed by atoms with Gasteiger partial charge in [-0.3, -0.25) is 13.9 Å². The molecular weight excluding hydrogens is 346 g/mol. The highest BCUT2D eigenvalue weighted by Gasteiger charge is 2.28. The van der Waals surface area contributed by atoms with Crippen molar-refractivity contribution in [3.63, 3.8) is 0 Å². The van der Waals surface area contributed by atoms with Crippen molar-refractivity contribution < 1.29 is 22.7 Å². The number of hydrogen-bond donors (Lipinski definition) is 2. The summed E-state index contributed by atoms with van der Waals surface area (Å²) in [5, 5.41) is 5.04. The molecule has 0 spiro atoms. The Kier molecular flexibility index (Phi) is 5.24. The van der Waals surface area contributed by atoms with Gasteiger partial charge in [0.25, 0.3) is 0 Å². The van der Waals surface area contributed by atoms with E-state index in [0.29, 0.717) is 37.5 Å². The molecule has 0 bridgehead atoms. The van der Waals surface area contributed by atoms with Gasteiger partial charge in [-0.25, -0.2) is 8.42 Å². The Bertz CT molecular complexity index is 759. The smallest absolute Gasteiger partial charge is 0.313 e. The van der Waals surface area contributed by atoms with Crippen LogP contribution in [0, 0.1) is 0 Å². The van der Waals surface area contributed by atoms with Gasteiger partial charge in [-0.05, 0) is 37.5 Å². The molecule has 0 aromatic heterocycles. The zero-order valence-corrected chi connectivity index (χ0v) is 14.5. The molecule has 136 valence electrons. The third kappa shape index (κ3) is 4.29. The van der Waals surface area contributed by atoms with Gasteiger partial charge in [-0.15, -0.1) is 0 Å². The Morgan fingerprint density at radius 3 is 2.76 bits per heavy atom. The topological polar surface area (TPSA) is 105 Å². The van der Waals surface area contributed by atoms with Gasteiger partial charge < -0.3 is 15.4 Å². The number of anilines is 2. The van der Waals surface area contributed by atoms with E-state index < -0.39 is 21.8 Å². The lowest BCUT2D eigenvalue weighted by atomic mass is 10.2. The molecule has 0 radical (unpaired) electrons. The quantitative estimate of drug-likeness (QED) is 0.753. The van der Waals surface area contributed by atoms with Gasteiger partial charge in [0.05, 0.1) is 17.5 Å². The minimum absolute atomic E-state index is 0.0412. The molecule has 9 heteroatoms. The lowest BCUT2D eigenvalue weighted by Gasteiger charge is -2.17. The number of rotatable bonds is 4. The lowest BCUT2D eigenvalue weighted by molar-refractivity contribution is -0.136. The van der Waals surface area contributed by atoms with Crippen LogP contribution in [-0.2, 0) is 24.3 Å². The molecule has 2 aliphatic heterocycles. The normalized spacial score (nSPS) is 21.9. The summed E-state index contributed by atoms with van der Waals surface area (Å²) in [5.41, 5.74) is 0.854. The predicted molar refractivity (Wildman–Crippen MR) is 92.8 cm³/mol. The Balaban J connectivity index is 1.59. The maximum atomic E-state index is 12.0. The molecule has 0 saturated carbocycles. The molecule has 1 aromatic rings. The van der Waals surface area contributed by atoms with Crippen molar-refractivity contribution >= 4 is 33.2 Å². The van der Waals surface area contributed by atoms with Crippen LogP contribution in [0.2, 0.25) is 0 Å². The molecule has 2 aliphatic rings. The fourth-order valence-corrected chi connectivity index (χ4v) is 4.50. The van der Waals surface area contributed by atoms with Crippen LogP contribution >= 0.6 is 0 Å². The summed E-state index contributed by atoms with van der Waals surface area (Å²) >= 11 is 0. The second-order valence-corrected chi connectivity index (χ2v) is 8.10. The molecule has 3 rings (SSSR count). The number of benzene rings is 1. The van der Waals surface area contributed by atoms with Crippen LogP contribution in [0.4, 0.5) is 11.4 Å². The van der Waals surface area contributed by atoms with Crippen molar-refractivity contribution in [1.82, 2.24) is 5.32 Å². The van der Waals surface area contributed by atoms with Gasteiger partial charge >= 0.3 is 11.8 Å². The van der Waals surface area contributed by atoms with E-state index in [-0.39, 0.29) is 11.9 Å². The summed E-state index contributed by atoms with van der Waals surface area (Å²) in [4.78, 5) is 23.8. The maximum absolute atomic E-state index is 12.0. The number of carbonyl (C=O) groups is 2. The van der Waals surface area contributed by atoms with Gasteiger partial charge in [-0.2, -0.15) is 0 Å². The Labute approximate surface area is 146 Å². The Morgan fingerprint density at radius 2 is 2.08 bits per heavy atom. The fourth-order valence-electron chi connectivity index (χ4n) is 2.95.